The van der Waals surface area contributed by atoms with E-state index in [-0.39, 0.29) is 135 Å². The average molecular weight is 1660 g/mol. The van der Waals surface area contributed by atoms with E-state index >= 15 is 0 Å². The Morgan fingerprint density at radius 2 is 0.532 bits per heavy atom. The van der Waals surface area contributed by atoms with Crippen molar-refractivity contribution >= 4 is 90.1 Å². The van der Waals surface area contributed by atoms with Gasteiger partial charge in [0.25, 0.3) is 0 Å². The fourth-order valence-corrected chi connectivity index (χ4v) is 16.2. The summed E-state index contributed by atoms with van der Waals surface area (Å²) in [5, 5.41) is 9.16. The predicted molar refractivity (Wildman–Crippen MR) is 492 cm³/mol. The SMILES string of the molecule is CCCC(=O)OCc1ccc(C(CN)C(=O)Cc2ccc3ccccc3c2)cc1.NCC(C(=O)Cc1ccc2ccccc2c1)c1ccc(COC(=O)C2CCCC2)cc1.NCC(C(=O)Cc1ccc2ccccc2c1)c1ccc(COC(=O)C2CCCCC2)cc1.NCC(C(=O)Cc1ccc2ccccc2c1)c1ccc(COC(=O)c2ccccc2)cc1. The van der Waals surface area contributed by atoms with Crippen LogP contribution in [0.1, 0.15) is 178 Å². The van der Waals surface area contributed by atoms with Crippen molar-refractivity contribution in [3.63, 3.8) is 0 Å². The number of esters is 4. The molecule has 15 rings (SSSR count). The zero-order valence-corrected chi connectivity index (χ0v) is 70.7. The fourth-order valence-electron chi connectivity index (χ4n) is 16.2. The Morgan fingerprint density at radius 3 is 0.815 bits per heavy atom. The molecule has 8 N–H and O–H groups in total. The quantitative estimate of drug-likeness (QED) is 0.0220. The van der Waals surface area contributed by atoms with Gasteiger partial charge in [-0.25, -0.2) is 4.79 Å². The van der Waals surface area contributed by atoms with Crippen molar-refractivity contribution in [2.75, 3.05) is 26.2 Å². The molecule has 4 unspecified atom stereocenters. The summed E-state index contributed by atoms with van der Waals surface area (Å²) in [6.45, 7) is 3.94. The third-order valence-electron chi connectivity index (χ3n) is 23.4. The van der Waals surface area contributed by atoms with E-state index in [0.717, 1.165) is 157 Å². The Balaban J connectivity index is 0.000000151. The van der Waals surface area contributed by atoms with Crippen molar-refractivity contribution in [3.05, 3.63) is 370 Å². The van der Waals surface area contributed by atoms with Gasteiger partial charge in [-0.2, -0.15) is 0 Å². The van der Waals surface area contributed by atoms with Gasteiger partial charge in [0, 0.05) is 58.3 Å². The molecular formula is C108H112N4O12. The molecule has 2 fully saturated rings. The summed E-state index contributed by atoms with van der Waals surface area (Å²) in [7, 11) is 0. The molecule has 13 aromatic carbocycles. The van der Waals surface area contributed by atoms with Gasteiger partial charge in [0.1, 0.15) is 49.6 Å². The molecule has 0 saturated heterocycles. The van der Waals surface area contributed by atoms with Gasteiger partial charge in [-0.3, -0.25) is 33.6 Å². The number of carbonyl (C=O) groups is 8. The summed E-state index contributed by atoms with van der Waals surface area (Å²) in [6.07, 6.45) is 12.0. The zero-order valence-electron chi connectivity index (χ0n) is 70.7. The first kappa shape index (κ1) is 90.5. The lowest BCUT2D eigenvalue weighted by Crippen LogP contribution is -2.23. The van der Waals surface area contributed by atoms with E-state index in [2.05, 4.69) is 78.9 Å². The number of fused-ring (bicyclic) bond motifs is 4. The molecule has 2 aliphatic carbocycles. The van der Waals surface area contributed by atoms with E-state index in [0.29, 0.717) is 37.7 Å². The first-order valence-corrected chi connectivity index (χ1v) is 43.4. The van der Waals surface area contributed by atoms with Gasteiger partial charge < -0.3 is 41.9 Å². The molecule has 0 aliphatic heterocycles. The topological polar surface area (TPSA) is 278 Å². The van der Waals surface area contributed by atoms with Crippen LogP contribution >= 0.6 is 0 Å². The van der Waals surface area contributed by atoms with Crippen molar-refractivity contribution in [2.45, 2.75) is 153 Å². The van der Waals surface area contributed by atoms with Crippen molar-refractivity contribution in [2.24, 2.45) is 34.8 Å². The van der Waals surface area contributed by atoms with E-state index in [1.54, 1.807) is 24.3 Å². The molecule has 0 spiro atoms. The van der Waals surface area contributed by atoms with Crippen molar-refractivity contribution < 1.29 is 57.3 Å². The van der Waals surface area contributed by atoms with E-state index in [4.69, 9.17) is 41.9 Å². The molecule has 124 heavy (non-hydrogen) atoms. The molecule has 13 aromatic rings. The number of benzene rings is 13. The van der Waals surface area contributed by atoms with E-state index < -0.39 is 0 Å². The van der Waals surface area contributed by atoms with Gasteiger partial charge in [-0.1, -0.05) is 324 Å². The monoisotopic (exact) mass is 1660 g/mol. The standard InChI is InChI=1S/C28H31NO3.C28H25NO3.C27H29NO3.C25H27NO3/c2*29-18-26(27(30)17-21-12-13-22-6-4-5-9-25(22)16-21)23-14-10-20(11-15-23)19-32-28(31)24-7-2-1-3-8-24;28-17-25(26(29)16-20-11-12-21-5-1-4-8-24(21)15-20)22-13-9-19(10-14-22)18-31-27(30)23-6-2-3-7-23;1-2-5-25(28)29-17-18-8-12-21(13-9-18)23(16-26)24(27)15-19-10-11-20-6-3-4-7-22(20)14-19/h4-6,9-16,24,26H,1-3,7-8,17-19,29H2;1-16,26H,17-19,29H2;1,4-5,8-15,23,25H,2-3,6-7,16-18,28H2;3-4,6-14,23H,2,5,15-17,26H2,1H3. The maximum atomic E-state index is 13.0. The van der Waals surface area contributed by atoms with Crippen LogP contribution in [0.15, 0.2) is 297 Å². The molecule has 2 saturated carbocycles. The number of ketones is 4. The van der Waals surface area contributed by atoms with Crippen LogP contribution in [0, 0.1) is 11.8 Å². The summed E-state index contributed by atoms with van der Waals surface area (Å²) in [4.78, 5) is 99.8. The third-order valence-corrected chi connectivity index (χ3v) is 23.4. The summed E-state index contributed by atoms with van der Waals surface area (Å²) in [5.41, 5.74) is 35.5. The van der Waals surface area contributed by atoms with Gasteiger partial charge in [0.15, 0.2) is 0 Å². The normalized spacial score (nSPS) is 13.6. The highest BCUT2D eigenvalue weighted by atomic mass is 16.5. The molecular weight excluding hydrogens is 1550 g/mol. The summed E-state index contributed by atoms with van der Waals surface area (Å²) >= 11 is 0. The first-order chi connectivity index (χ1) is 60.5. The Bertz CT molecular complexity index is 5720. The van der Waals surface area contributed by atoms with Crippen LogP contribution in [-0.2, 0) is 105 Å². The highest BCUT2D eigenvalue weighted by molar-refractivity contribution is 5.94. The Labute approximate surface area is 727 Å². The Hall–Kier alpha value is -12.7. The Morgan fingerprint density at radius 1 is 0.282 bits per heavy atom. The summed E-state index contributed by atoms with van der Waals surface area (Å²) in [5.74, 6) is -1.62. The summed E-state index contributed by atoms with van der Waals surface area (Å²) in [6, 6.07) is 96.4. The smallest absolute Gasteiger partial charge is 0.338 e. The number of nitrogens with two attached hydrogens (primary N) is 4. The Kier molecular flexibility index (Phi) is 34.0. The lowest BCUT2D eigenvalue weighted by Gasteiger charge is -2.20. The maximum absolute atomic E-state index is 13.0. The van der Waals surface area contributed by atoms with Crippen LogP contribution in [0.4, 0.5) is 0 Å². The van der Waals surface area contributed by atoms with E-state index in [1.807, 2.05) is 201 Å². The number of ether oxygens (including phenoxy) is 4. The van der Waals surface area contributed by atoms with Crippen molar-refractivity contribution in [1.29, 1.82) is 0 Å². The highest BCUT2D eigenvalue weighted by Crippen LogP contribution is 2.31. The highest BCUT2D eigenvalue weighted by Gasteiger charge is 2.28. The van der Waals surface area contributed by atoms with E-state index in [1.165, 1.54) is 17.2 Å². The van der Waals surface area contributed by atoms with Gasteiger partial charge in [0.05, 0.1) is 41.1 Å². The first-order valence-electron chi connectivity index (χ1n) is 43.4. The van der Waals surface area contributed by atoms with Gasteiger partial charge in [-0.05, 0) is 154 Å². The second-order valence-corrected chi connectivity index (χ2v) is 32.3. The fraction of sp³-hybridized carbons (Fsp3) is 0.278. The number of rotatable bonds is 33. The number of hydrogen-bond acceptors (Lipinski definition) is 16. The molecule has 16 nitrogen and oxygen atoms in total. The summed E-state index contributed by atoms with van der Waals surface area (Å²) < 4.78 is 21.6. The third kappa shape index (κ3) is 26.2. The van der Waals surface area contributed by atoms with Gasteiger partial charge in [-0.15, -0.1) is 0 Å². The van der Waals surface area contributed by atoms with Gasteiger partial charge >= 0.3 is 23.9 Å². The molecule has 2 aliphatic rings. The zero-order chi connectivity index (χ0) is 86.9. The van der Waals surface area contributed by atoms with Crippen molar-refractivity contribution in [3.8, 4) is 0 Å². The van der Waals surface area contributed by atoms with E-state index in [9.17, 15) is 38.4 Å². The largest absolute Gasteiger partial charge is 0.461 e. The molecule has 0 radical (unpaired) electrons. The van der Waals surface area contributed by atoms with Crippen LogP contribution in [0.5, 0.6) is 0 Å². The molecule has 0 bridgehead atoms. The molecule has 0 amide bonds. The average Bonchev–Trinajstić information content (AvgIpc) is 0.956. The predicted octanol–water partition coefficient (Wildman–Crippen LogP) is 19.8. The lowest BCUT2D eigenvalue weighted by molar-refractivity contribution is -0.151. The molecule has 16 heteroatoms. The number of hydrogen-bond donors (Lipinski definition) is 4. The molecule has 0 heterocycles. The minimum absolute atomic E-state index is 0.0531. The van der Waals surface area contributed by atoms with Crippen LogP contribution in [0.3, 0.4) is 0 Å². The van der Waals surface area contributed by atoms with Crippen LogP contribution in [0.25, 0.3) is 43.1 Å². The molecule has 4 atom stereocenters. The molecule has 0 aromatic heterocycles. The van der Waals surface area contributed by atoms with Crippen LogP contribution < -0.4 is 22.9 Å². The van der Waals surface area contributed by atoms with Crippen LogP contribution in [-0.4, -0.2) is 73.2 Å². The second kappa shape index (κ2) is 46.5. The second-order valence-electron chi connectivity index (χ2n) is 32.3. The maximum Gasteiger partial charge on any atom is 0.338 e. The van der Waals surface area contributed by atoms with Crippen molar-refractivity contribution in [1.82, 2.24) is 0 Å². The lowest BCUT2D eigenvalue weighted by atomic mass is 9.89. The number of carbonyl (C=O) groups excluding carboxylic acids is 8. The van der Waals surface area contributed by atoms with Crippen LogP contribution in [0.2, 0.25) is 0 Å². The minimum atomic E-state index is -0.373. The number of Topliss-reactive ketones (excluding diaryl/α,β-unsaturated/α-hetero) is 4. The van der Waals surface area contributed by atoms with Gasteiger partial charge in [0.2, 0.25) is 0 Å². The minimum Gasteiger partial charge on any atom is -0.461 e. The molecule has 636 valence electrons.